The molecule has 4 heteroatoms. The van der Waals surface area contributed by atoms with Crippen LogP contribution in [-0.4, -0.2) is 43.5 Å². The number of nitrogens with zero attached hydrogens (tertiary/aromatic N) is 1. The van der Waals surface area contributed by atoms with Crippen LogP contribution in [0.25, 0.3) is 0 Å². The first kappa shape index (κ1) is 15.8. The molecule has 1 aromatic rings. The summed E-state index contributed by atoms with van der Waals surface area (Å²) in [5, 5.41) is 7.09. The highest BCUT2D eigenvalue weighted by Gasteiger charge is 2.16. The van der Waals surface area contributed by atoms with E-state index in [1.165, 1.54) is 19.3 Å². The van der Waals surface area contributed by atoms with Gasteiger partial charge in [-0.05, 0) is 50.9 Å². The zero-order chi connectivity index (χ0) is 15.2. The summed E-state index contributed by atoms with van der Waals surface area (Å²) in [5.74, 6) is 0.0419. The van der Waals surface area contributed by atoms with Crippen LogP contribution in [-0.2, 0) is 0 Å². The molecule has 0 bridgehead atoms. The lowest BCUT2D eigenvalue weighted by atomic mass is 9.98. The number of piperidine rings is 1. The predicted molar refractivity (Wildman–Crippen MR) is 87.8 cm³/mol. The number of anilines is 1. The van der Waals surface area contributed by atoms with Crippen LogP contribution >= 0.6 is 0 Å². The average molecular weight is 289 g/mol. The molecule has 2 N–H and O–H groups in total. The third-order valence-electron chi connectivity index (χ3n) is 3.98. The largest absolute Gasteiger partial charge is 0.383 e. The van der Waals surface area contributed by atoms with Crippen LogP contribution in [0.1, 0.15) is 43.0 Å². The molecule has 4 nitrogen and oxygen atoms in total. The van der Waals surface area contributed by atoms with Gasteiger partial charge in [0.05, 0.1) is 0 Å². The Kier molecular flexibility index (Phi) is 5.62. The Morgan fingerprint density at radius 1 is 1.43 bits per heavy atom. The van der Waals surface area contributed by atoms with Crippen LogP contribution in [0.4, 0.5) is 5.69 Å². The standard InChI is InChI=1S/C17H27N3O/c1-13(11-15-8-4-5-10-18-15)19-16-9-6-7-14(12-16)17(21)20(2)3/h6-7,9,12-13,15,18-19H,4-5,8,10-11H2,1-3H3. The van der Waals surface area contributed by atoms with Crippen molar-refractivity contribution in [1.82, 2.24) is 10.2 Å². The van der Waals surface area contributed by atoms with E-state index in [2.05, 4.69) is 17.6 Å². The Labute approximate surface area is 127 Å². The molecule has 0 aromatic heterocycles. The minimum absolute atomic E-state index is 0.0419. The summed E-state index contributed by atoms with van der Waals surface area (Å²) in [7, 11) is 3.56. The van der Waals surface area contributed by atoms with Gasteiger partial charge in [0.25, 0.3) is 5.91 Å². The van der Waals surface area contributed by atoms with Gasteiger partial charge in [-0.15, -0.1) is 0 Å². The summed E-state index contributed by atoms with van der Waals surface area (Å²) in [5.41, 5.74) is 1.75. The van der Waals surface area contributed by atoms with E-state index in [1.54, 1.807) is 19.0 Å². The van der Waals surface area contributed by atoms with E-state index in [-0.39, 0.29) is 5.91 Å². The van der Waals surface area contributed by atoms with Gasteiger partial charge in [0.2, 0.25) is 0 Å². The highest BCUT2D eigenvalue weighted by Crippen LogP contribution is 2.17. The molecular formula is C17H27N3O. The van der Waals surface area contributed by atoms with Gasteiger partial charge in [0.1, 0.15) is 0 Å². The van der Waals surface area contributed by atoms with Crippen LogP contribution in [0, 0.1) is 0 Å². The highest BCUT2D eigenvalue weighted by molar-refractivity contribution is 5.94. The molecule has 1 aliphatic rings. The third-order valence-corrected chi connectivity index (χ3v) is 3.98. The molecule has 21 heavy (non-hydrogen) atoms. The van der Waals surface area contributed by atoms with Gasteiger partial charge < -0.3 is 15.5 Å². The predicted octanol–water partition coefficient (Wildman–Crippen LogP) is 2.72. The topological polar surface area (TPSA) is 44.4 Å². The maximum absolute atomic E-state index is 12.0. The van der Waals surface area contributed by atoms with Crippen molar-refractivity contribution in [3.8, 4) is 0 Å². The second-order valence-electron chi connectivity index (χ2n) is 6.21. The zero-order valence-electron chi connectivity index (χ0n) is 13.4. The Bertz CT molecular complexity index is 467. The van der Waals surface area contributed by atoms with Crippen LogP contribution in [0.3, 0.4) is 0 Å². The highest BCUT2D eigenvalue weighted by atomic mass is 16.2. The summed E-state index contributed by atoms with van der Waals surface area (Å²) >= 11 is 0. The van der Waals surface area contributed by atoms with Crippen molar-refractivity contribution in [2.24, 2.45) is 0 Å². The Hall–Kier alpha value is -1.55. The lowest BCUT2D eigenvalue weighted by Gasteiger charge is -2.27. The average Bonchev–Trinajstić information content (AvgIpc) is 2.47. The number of hydrogen-bond donors (Lipinski definition) is 2. The van der Waals surface area contributed by atoms with Gasteiger partial charge in [0, 0.05) is 37.4 Å². The summed E-state index contributed by atoms with van der Waals surface area (Å²) in [6.45, 7) is 3.35. The van der Waals surface area contributed by atoms with Gasteiger partial charge in [-0.1, -0.05) is 12.5 Å². The van der Waals surface area contributed by atoms with Crippen molar-refractivity contribution >= 4 is 11.6 Å². The van der Waals surface area contributed by atoms with Gasteiger partial charge in [-0.25, -0.2) is 0 Å². The monoisotopic (exact) mass is 289 g/mol. The first-order valence-corrected chi connectivity index (χ1v) is 7.88. The molecule has 0 radical (unpaired) electrons. The van der Waals surface area contributed by atoms with E-state index in [0.29, 0.717) is 12.1 Å². The first-order valence-electron chi connectivity index (χ1n) is 7.88. The number of amides is 1. The normalized spacial score (nSPS) is 19.9. The molecule has 1 saturated heterocycles. The fraction of sp³-hybridized carbons (Fsp3) is 0.588. The molecule has 1 aromatic carbocycles. The number of rotatable bonds is 5. The van der Waals surface area contributed by atoms with E-state index in [0.717, 1.165) is 24.2 Å². The van der Waals surface area contributed by atoms with Crippen LogP contribution in [0.2, 0.25) is 0 Å². The van der Waals surface area contributed by atoms with Crippen LogP contribution in [0.15, 0.2) is 24.3 Å². The fourth-order valence-corrected chi connectivity index (χ4v) is 2.90. The Morgan fingerprint density at radius 3 is 2.90 bits per heavy atom. The first-order chi connectivity index (χ1) is 10.1. The molecule has 0 saturated carbocycles. The van der Waals surface area contributed by atoms with E-state index >= 15 is 0 Å². The van der Waals surface area contributed by atoms with Crippen molar-refractivity contribution in [3.05, 3.63) is 29.8 Å². The lowest BCUT2D eigenvalue weighted by Crippen LogP contribution is -2.37. The molecular weight excluding hydrogens is 262 g/mol. The van der Waals surface area contributed by atoms with Crippen molar-refractivity contribution in [1.29, 1.82) is 0 Å². The molecule has 2 atom stereocenters. The number of carbonyl (C=O) groups is 1. The SMILES string of the molecule is CC(CC1CCCCN1)Nc1cccc(C(=O)N(C)C)c1. The van der Waals surface area contributed by atoms with Gasteiger partial charge in [0.15, 0.2) is 0 Å². The molecule has 2 rings (SSSR count). The van der Waals surface area contributed by atoms with Crippen molar-refractivity contribution in [2.45, 2.75) is 44.7 Å². The molecule has 1 fully saturated rings. The lowest BCUT2D eigenvalue weighted by molar-refractivity contribution is 0.0827. The number of carbonyl (C=O) groups excluding carboxylic acids is 1. The van der Waals surface area contributed by atoms with E-state index < -0.39 is 0 Å². The molecule has 2 unspecified atom stereocenters. The maximum atomic E-state index is 12.0. The number of nitrogens with one attached hydrogen (secondary N) is 2. The molecule has 116 valence electrons. The smallest absolute Gasteiger partial charge is 0.253 e. The maximum Gasteiger partial charge on any atom is 0.253 e. The Balaban J connectivity index is 1.92. The van der Waals surface area contributed by atoms with Crippen LogP contribution < -0.4 is 10.6 Å². The summed E-state index contributed by atoms with van der Waals surface area (Å²) in [6, 6.07) is 8.77. The van der Waals surface area contributed by atoms with Gasteiger partial charge in [-0.2, -0.15) is 0 Å². The van der Waals surface area contributed by atoms with Gasteiger partial charge in [-0.3, -0.25) is 4.79 Å². The molecule has 1 aliphatic heterocycles. The van der Waals surface area contributed by atoms with Crippen molar-refractivity contribution in [3.63, 3.8) is 0 Å². The summed E-state index contributed by atoms with van der Waals surface area (Å²) in [6.07, 6.45) is 5.02. The van der Waals surface area contributed by atoms with Crippen molar-refractivity contribution < 1.29 is 4.79 Å². The summed E-state index contributed by atoms with van der Waals surface area (Å²) < 4.78 is 0. The fourth-order valence-electron chi connectivity index (χ4n) is 2.90. The van der Waals surface area contributed by atoms with E-state index in [4.69, 9.17) is 0 Å². The molecule has 0 spiro atoms. The number of benzene rings is 1. The second-order valence-corrected chi connectivity index (χ2v) is 6.21. The van der Waals surface area contributed by atoms with E-state index in [1.807, 2.05) is 24.3 Å². The minimum Gasteiger partial charge on any atom is -0.383 e. The molecule has 0 aliphatic carbocycles. The van der Waals surface area contributed by atoms with E-state index in [9.17, 15) is 4.79 Å². The molecule has 1 heterocycles. The summed E-state index contributed by atoms with van der Waals surface area (Å²) in [4.78, 5) is 13.6. The molecule has 1 amide bonds. The quantitative estimate of drug-likeness (QED) is 0.876. The van der Waals surface area contributed by atoms with Crippen molar-refractivity contribution in [2.75, 3.05) is 26.0 Å². The second kappa shape index (κ2) is 7.46. The third kappa shape index (κ3) is 4.74. The van der Waals surface area contributed by atoms with Gasteiger partial charge >= 0.3 is 0 Å². The van der Waals surface area contributed by atoms with Crippen LogP contribution in [0.5, 0.6) is 0 Å². The number of hydrogen-bond acceptors (Lipinski definition) is 3. The zero-order valence-corrected chi connectivity index (χ0v) is 13.4. The Morgan fingerprint density at radius 2 is 2.24 bits per heavy atom. The minimum atomic E-state index is 0.0419.